The quantitative estimate of drug-likeness (QED) is 0.676. The Kier molecular flexibility index (Phi) is 5.00. The predicted molar refractivity (Wildman–Crippen MR) is 96.3 cm³/mol. The first-order valence-corrected chi connectivity index (χ1v) is 7.84. The number of carbonyl (C=O) groups is 1. The number of hydrogen-bond acceptors (Lipinski definition) is 4. The Hall–Kier alpha value is -3.27. The van der Waals surface area contributed by atoms with Crippen molar-refractivity contribution in [3.8, 4) is 28.4 Å². The molecule has 0 aliphatic rings. The molecule has 126 valence electrons. The van der Waals surface area contributed by atoms with Crippen molar-refractivity contribution in [2.45, 2.75) is 6.61 Å². The second-order valence-corrected chi connectivity index (χ2v) is 5.53. The van der Waals surface area contributed by atoms with Gasteiger partial charge in [0.15, 0.2) is 17.8 Å². The number of phenols is 1. The number of rotatable bonds is 6. The van der Waals surface area contributed by atoms with Crippen molar-refractivity contribution in [1.29, 1.82) is 0 Å². The third-order valence-electron chi connectivity index (χ3n) is 3.89. The molecular weight excluding hydrogens is 316 g/mol. The molecule has 3 aromatic carbocycles. The topological polar surface area (TPSA) is 55.8 Å². The predicted octanol–water partition coefficient (Wildman–Crippen LogP) is 4.46. The molecule has 3 rings (SSSR count). The summed E-state index contributed by atoms with van der Waals surface area (Å²) in [4.78, 5) is 11.3. The van der Waals surface area contributed by atoms with Crippen molar-refractivity contribution >= 4 is 6.29 Å². The summed E-state index contributed by atoms with van der Waals surface area (Å²) in [6.45, 7) is 0.304. The van der Waals surface area contributed by atoms with E-state index in [0.29, 0.717) is 12.9 Å². The maximum Gasteiger partial charge on any atom is 0.168 e. The van der Waals surface area contributed by atoms with Crippen molar-refractivity contribution in [3.63, 3.8) is 0 Å². The molecule has 0 bridgehead atoms. The molecule has 0 aromatic heterocycles. The molecule has 0 spiro atoms. The number of carbonyl (C=O) groups excluding carboxylic acids is 1. The molecule has 4 nitrogen and oxygen atoms in total. The fourth-order valence-electron chi connectivity index (χ4n) is 2.51. The van der Waals surface area contributed by atoms with E-state index in [1.807, 2.05) is 54.6 Å². The largest absolute Gasteiger partial charge is 0.504 e. The molecule has 0 atom stereocenters. The zero-order valence-corrected chi connectivity index (χ0v) is 13.8. The van der Waals surface area contributed by atoms with E-state index in [4.69, 9.17) is 9.47 Å². The second-order valence-electron chi connectivity index (χ2n) is 5.53. The number of aromatic hydroxyl groups is 1. The van der Waals surface area contributed by atoms with Crippen LogP contribution in [0.3, 0.4) is 0 Å². The van der Waals surface area contributed by atoms with Crippen LogP contribution in [0.25, 0.3) is 11.1 Å². The van der Waals surface area contributed by atoms with Crippen LogP contribution >= 0.6 is 0 Å². The number of methoxy groups -OCH3 is 1. The Balaban J connectivity index is 1.92. The Morgan fingerprint density at radius 2 is 1.68 bits per heavy atom. The van der Waals surface area contributed by atoms with E-state index in [-0.39, 0.29) is 17.1 Å². The Morgan fingerprint density at radius 1 is 0.960 bits per heavy atom. The first-order valence-electron chi connectivity index (χ1n) is 7.84. The van der Waals surface area contributed by atoms with Gasteiger partial charge in [0.25, 0.3) is 0 Å². The third-order valence-corrected chi connectivity index (χ3v) is 3.89. The highest BCUT2D eigenvalue weighted by atomic mass is 16.5. The van der Waals surface area contributed by atoms with Gasteiger partial charge in [0.05, 0.1) is 12.7 Å². The van der Waals surface area contributed by atoms with Crippen LogP contribution in [0.4, 0.5) is 0 Å². The molecule has 0 aliphatic heterocycles. The zero-order chi connectivity index (χ0) is 17.6. The van der Waals surface area contributed by atoms with Gasteiger partial charge < -0.3 is 14.6 Å². The molecule has 0 amide bonds. The Labute approximate surface area is 146 Å². The van der Waals surface area contributed by atoms with Crippen molar-refractivity contribution in [1.82, 2.24) is 0 Å². The van der Waals surface area contributed by atoms with E-state index in [0.717, 1.165) is 22.4 Å². The average molecular weight is 334 g/mol. The van der Waals surface area contributed by atoms with E-state index in [2.05, 4.69) is 0 Å². The van der Waals surface area contributed by atoms with E-state index in [1.54, 1.807) is 19.2 Å². The van der Waals surface area contributed by atoms with Gasteiger partial charge in [-0.25, -0.2) is 0 Å². The highest BCUT2D eigenvalue weighted by Crippen LogP contribution is 2.35. The van der Waals surface area contributed by atoms with Crippen LogP contribution in [-0.2, 0) is 6.61 Å². The van der Waals surface area contributed by atoms with Crippen LogP contribution < -0.4 is 9.47 Å². The highest BCUT2D eigenvalue weighted by Gasteiger charge is 2.12. The number of phenolic OH excluding ortho intramolecular Hbond substituents is 1. The highest BCUT2D eigenvalue weighted by molar-refractivity contribution is 5.85. The monoisotopic (exact) mass is 334 g/mol. The van der Waals surface area contributed by atoms with E-state index in [9.17, 15) is 9.90 Å². The first-order chi connectivity index (χ1) is 12.2. The standard InChI is InChI=1S/C21H18O4/c1-24-19-9-7-16(8-10-19)17-11-18(13-22)21(23)20(12-17)25-14-15-5-3-2-4-6-15/h2-13,23H,14H2,1H3. The van der Waals surface area contributed by atoms with Gasteiger partial charge in [0.1, 0.15) is 12.4 Å². The number of hydrogen-bond donors (Lipinski definition) is 1. The normalized spacial score (nSPS) is 10.3. The lowest BCUT2D eigenvalue weighted by Gasteiger charge is -2.12. The summed E-state index contributed by atoms with van der Waals surface area (Å²) in [5.41, 5.74) is 2.85. The Morgan fingerprint density at radius 3 is 2.32 bits per heavy atom. The lowest BCUT2D eigenvalue weighted by molar-refractivity contribution is 0.112. The minimum Gasteiger partial charge on any atom is -0.504 e. The molecule has 4 heteroatoms. The minimum absolute atomic E-state index is 0.150. The summed E-state index contributed by atoms with van der Waals surface area (Å²) in [5, 5.41) is 10.2. The summed E-state index contributed by atoms with van der Waals surface area (Å²) >= 11 is 0. The van der Waals surface area contributed by atoms with Crippen LogP contribution in [0, 0.1) is 0 Å². The van der Waals surface area contributed by atoms with Crippen LogP contribution in [0.2, 0.25) is 0 Å². The van der Waals surface area contributed by atoms with E-state index in [1.165, 1.54) is 0 Å². The summed E-state index contributed by atoms with van der Waals surface area (Å²) < 4.78 is 10.9. The molecule has 25 heavy (non-hydrogen) atoms. The first kappa shape index (κ1) is 16.6. The lowest BCUT2D eigenvalue weighted by Crippen LogP contribution is -1.97. The molecule has 0 radical (unpaired) electrons. The molecule has 3 aromatic rings. The fourth-order valence-corrected chi connectivity index (χ4v) is 2.51. The van der Waals surface area contributed by atoms with Gasteiger partial charge in [-0.15, -0.1) is 0 Å². The second kappa shape index (κ2) is 7.53. The van der Waals surface area contributed by atoms with Crippen LogP contribution in [0.5, 0.6) is 17.2 Å². The molecular formula is C21H18O4. The summed E-state index contributed by atoms with van der Waals surface area (Å²) in [6.07, 6.45) is 0.623. The molecule has 0 heterocycles. The van der Waals surface area contributed by atoms with Crippen molar-refractivity contribution < 1.29 is 19.4 Å². The Bertz CT molecular complexity index is 855. The van der Waals surface area contributed by atoms with Crippen molar-refractivity contribution in [2.75, 3.05) is 7.11 Å². The van der Waals surface area contributed by atoms with Crippen LogP contribution in [0.15, 0.2) is 66.7 Å². The van der Waals surface area contributed by atoms with E-state index >= 15 is 0 Å². The fraction of sp³-hybridized carbons (Fsp3) is 0.0952. The number of ether oxygens (including phenoxy) is 2. The lowest BCUT2D eigenvalue weighted by atomic mass is 10.0. The van der Waals surface area contributed by atoms with Gasteiger partial charge in [-0.05, 0) is 41.0 Å². The van der Waals surface area contributed by atoms with Gasteiger partial charge in [-0.2, -0.15) is 0 Å². The molecule has 0 unspecified atom stereocenters. The summed E-state index contributed by atoms with van der Waals surface area (Å²) in [7, 11) is 1.61. The third kappa shape index (κ3) is 3.80. The average Bonchev–Trinajstić information content (AvgIpc) is 2.68. The smallest absolute Gasteiger partial charge is 0.168 e. The van der Waals surface area contributed by atoms with Gasteiger partial charge >= 0.3 is 0 Å². The molecule has 1 N–H and O–H groups in total. The summed E-state index contributed by atoms with van der Waals surface area (Å²) in [5.74, 6) is 0.876. The van der Waals surface area contributed by atoms with Gasteiger partial charge in [-0.1, -0.05) is 42.5 Å². The minimum atomic E-state index is -0.150. The van der Waals surface area contributed by atoms with Crippen LogP contribution in [-0.4, -0.2) is 18.5 Å². The maximum absolute atomic E-state index is 11.3. The van der Waals surface area contributed by atoms with Gasteiger partial charge in [-0.3, -0.25) is 4.79 Å². The van der Waals surface area contributed by atoms with Gasteiger partial charge in [0.2, 0.25) is 0 Å². The molecule has 0 aliphatic carbocycles. The van der Waals surface area contributed by atoms with Crippen molar-refractivity contribution in [2.24, 2.45) is 0 Å². The number of aldehydes is 1. The SMILES string of the molecule is COc1ccc(-c2cc(C=O)c(O)c(OCc3ccccc3)c2)cc1. The number of benzene rings is 3. The van der Waals surface area contributed by atoms with Crippen LogP contribution in [0.1, 0.15) is 15.9 Å². The maximum atomic E-state index is 11.3. The molecule has 0 saturated heterocycles. The van der Waals surface area contributed by atoms with E-state index < -0.39 is 0 Å². The van der Waals surface area contributed by atoms with Crippen molar-refractivity contribution in [3.05, 3.63) is 77.9 Å². The summed E-state index contributed by atoms with van der Waals surface area (Å²) in [6, 6.07) is 20.5. The zero-order valence-electron chi connectivity index (χ0n) is 13.8. The molecule has 0 saturated carbocycles. The molecule has 0 fully saturated rings. The van der Waals surface area contributed by atoms with Gasteiger partial charge in [0, 0.05) is 0 Å².